The molecule has 0 spiro atoms. The second-order valence-electron chi connectivity index (χ2n) is 4.67. The van der Waals surface area contributed by atoms with E-state index in [9.17, 15) is 4.79 Å². The Morgan fingerprint density at radius 1 is 1.57 bits per heavy atom. The molecule has 0 aromatic carbocycles. The van der Waals surface area contributed by atoms with Crippen molar-refractivity contribution in [1.82, 2.24) is 0 Å². The Balaban J connectivity index is 2.10. The molecule has 3 heteroatoms. The first-order chi connectivity index (χ1) is 6.45. The van der Waals surface area contributed by atoms with Crippen LogP contribution in [0.5, 0.6) is 0 Å². The van der Waals surface area contributed by atoms with Crippen LogP contribution >= 0.6 is 0 Å². The number of rotatable bonds is 5. The predicted octanol–water partition coefficient (Wildman–Crippen LogP) is 2.14. The summed E-state index contributed by atoms with van der Waals surface area (Å²) in [7, 11) is 1.43. The third-order valence-corrected chi connectivity index (χ3v) is 2.83. The van der Waals surface area contributed by atoms with Crippen LogP contribution in [0.3, 0.4) is 0 Å². The van der Waals surface area contributed by atoms with Gasteiger partial charge in [0.2, 0.25) is 0 Å². The van der Waals surface area contributed by atoms with E-state index in [0.29, 0.717) is 18.4 Å². The molecule has 1 aliphatic heterocycles. The van der Waals surface area contributed by atoms with Gasteiger partial charge in [-0.05, 0) is 32.6 Å². The lowest BCUT2D eigenvalue weighted by Crippen LogP contribution is -2.09. The highest BCUT2D eigenvalue weighted by atomic mass is 16.6. The van der Waals surface area contributed by atoms with Crippen molar-refractivity contribution in [3.05, 3.63) is 0 Å². The largest absolute Gasteiger partial charge is 0.469 e. The van der Waals surface area contributed by atoms with Crippen LogP contribution < -0.4 is 0 Å². The molecule has 1 fully saturated rings. The summed E-state index contributed by atoms with van der Waals surface area (Å²) in [6.45, 7) is 6.28. The third-order valence-electron chi connectivity index (χ3n) is 2.83. The van der Waals surface area contributed by atoms with Gasteiger partial charge in [-0.2, -0.15) is 0 Å². The molecule has 1 aliphatic rings. The normalized spacial score (nSPS) is 25.6. The van der Waals surface area contributed by atoms with Crippen molar-refractivity contribution in [2.75, 3.05) is 7.11 Å². The van der Waals surface area contributed by atoms with Crippen molar-refractivity contribution < 1.29 is 14.3 Å². The Labute approximate surface area is 85.8 Å². The summed E-state index contributed by atoms with van der Waals surface area (Å²) in [4.78, 5) is 11.0. The Kier molecular flexibility index (Phi) is 3.53. The highest BCUT2D eigenvalue weighted by Gasteiger charge is 2.46. The summed E-state index contributed by atoms with van der Waals surface area (Å²) in [5.41, 5.74) is 0.0744. The summed E-state index contributed by atoms with van der Waals surface area (Å²) < 4.78 is 10.1. The molecule has 0 aromatic rings. The molecule has 2 atom stereocenters. The Morgan fingerprint density at radius 3 is 2.57 bits per heavy atom. The van der Waals surface area contributed by atoms with E-state index < -0.39 is 0 Å². The van der Waals surface area contributed by atoms with Gasteiger partial charge in [-0.15, -0.1) is 0 Å². The van der Waals surface area contributed by atoms with E-state index in [2.05, 4.69) is 25.5 Å². The van der Waals surface area contributed by atoms with Crippen LogP contribution in [0, 0.1) is 5.92 Å². The number of epoxide rings is 1. The van der Waals surface area contributed by atoms with Gasteiger partial charge in [-0.25, -0.2) is 0 Å². The zero-order chi connectivity index (χ0) is 10.8. The van der Waals surface area contributed by atoms with Gasteiger partial charge in [0, 0.05) is 6.42 Å². The van der Waals surface area contributed by atoms with Gasteiger partial charge in [0.25, 0.3) is 0 Å². The molecule has 3 nitrogen and oxygen atoms in total. The van der Waals surface area contributed by atoms with Crippen LogP contribution in [0.4, 0.5) is 0 Å². The maximum atomic E-state index is 11.0. The van der Waals surface area contributed by atoms with E-state index in [0.717, 1.165) is 12.8 Å². The minimum absolute atomic E-state index is 0.0744. The fourth-order valence-electron chi connectivity index (χ4n) is 1.64. The van der Waals surface area contributed by atoms with E-state index in [1.165, 1.54) is 7.11 Å². The average Bonchev–Trinajstić information content (AvgIpc) is 2.70. The monoisotopic (exact) mass is 200 g/mol. The van der Waals surface area contributed by atoms with Crippen molar-refractivity contribution in [2.45, 2.75) is 51.7 Å². The van der Waals surface area contributed by atoms with Gasteiger partial charge >= 0.3 is 5.97 Å². The number of hydrogen-bond acceptors (Lipinski definition) is 3. The van der Waals surface area contributed by atoms with Crippen molar-refractivity contribution in [2.24, 2.45) is 5.92 Å². The quantitative estimate of drug-likeness (QED) is 0.504. The SMILES string of the molecule is COC(=O)CC(C)CCC1OC1(C)C. The molecule has 1 saturated heterocycles. The highest BCUT2D eigenvalue weighted by molar-refractivity contribution is 5.69. The number of carbonyl (C=O) groups excluding carboxylic acids is 1. The molecular formula is C11H20O3. The Bertz CT molecular complexity index is 211. The summed E-state index contributed by atoms with van der Waals surface area (Å²) in [5.74, 6) is 0.274. The minimum Gasteiger partial charge on any atom is -0.469 e. The molecule has 0 aromatic heterocycles. The van der Waals surface area contributed by atoms with Crippen LogP contribution in [0.1, 0.15) is 40.0 Å². The third kappa shape index (κ3) is 3.29. The maximum absolute atomic E-state index is 11.0. The Morgan fingerprint density at radius 2 is 2.14 bits per heavy atom. The summed E-state index contributed by atoms with van der Waals surface area (Å²) in [6, 6.07) is 0. The molecule has 0 bridgehead atoms. The summed E-state index contributed by atoms with van der Waals surface area (Å²) in [6.07, 6.45) is 2.99. The van der Waals surface area contributed by atoms with Crippen LogP contribution in [-0.4, -0.2) is 24.8 Å². The number of carbonyl (C=O) groups is 1. The van der Waals surface area contributed by atoms with E-state index in [1.54, 1.807) is 0 Å². The van der Waals surface area contributed by atoms with Crippen LogP contribution in [0.15, 0.2) is 0 Å². The lowest BCUT2D eigenvalue weighted by molar-refractivity contribution is -0.141. The van der Waals surface area contributed by atoms with Gasteiger partial charge in [-0.3, -0.25) is 4.79 Å². The summed E-state index contributed by atoms with van der Waals surface area (Å²) >= 11 is 0. The second kappa shape index (κ2) is 4.30. The first kappa shape index (κ1) is 11.5. The predicted molar refractivity (Wildman–Crippen MR) is 54.0 cm³/mol. The van der Waals surface area contributed by atoms with Gasteiger partial charge < -0.3 is 9.47 Å². The molecule has 1 rings (SSSR count). The van der Waals surface area contributed by atoms with Crippen LogP contribution in [-0.2, 0) is 14.3 Å². The number of hydrogen-bond donors (Lipinski definition) is 0. The van der Waals surface area contributed by atoms with Crippen molar-refractivity contribution in [1.29, 1.82) is 0 Å². The Hall–Kier alpha value is -0.570. The molecule has 0 radical (unpaired) electrons. The fourth-order valence-corrected chi connectivity index (χ4v) is 1.64. The van der Waals surface area contributed by atoms with Gasteiger partial charge in [0.15, 0.2) is 0 Å². The zero-order valence-corrected chi connectivity index (χ0v) is 9.50. The number of esters is 1. The van der Waals surface area contributed by atoms with Crippen molar-refractivity contribution >= 4 is 5.97 Å². The molecule has 0 saturated carbocycles. The number of methoxy groups -OCH3 is 1. The smallest absolute Gasteiger partial charge is 0.305 e. The number of ether oxygens (including phenoxy) is 2. The molecule has 1 heterocycles. The fraction of sp³-hybridized carbons (Fsp3) is 0.909. The average molecular weight is 200 g/mol. The van der Waals surface area contributed by atoms with Crippen molar-refractivity contribution in [3.8, 4) is 0 Å². The standard InChI is InChI=1S/C11H20O3/c1-8(7-10(12)13-4)5-6-9-11(2,3)14-9/h8-9H,5-7H2,1-4H3. The molecule has 2 unspecified atom stereocenters. The maximum Gasteiger partial charge on any atom is 0.305 e. The molecular weight excluding hydrogens is 180 g/mol. The molecule has 82 valence electrons. The first-order valence-electron chi connectivity index (χ1n) is 5.20. The zero-order valence-electron chi connectivity index (χ0n) is 9.50. The second-order valence-corrected chi connectivity index (χ2v) is 4.67. The molecule has 0 amide bonds. The van der Waals surface area contributed by atoms with Crippen molar-refractivity contribution in [3.63, 3.8) is 0 Å². The van der Waals surface area contributed by atoms with Gasteiger partial charge in [0.1, 0.15) is 0 Å². The minimum atomic E-state index is -0.117. The van der Waals surface area contributed by atoms with Crippen LogP contribution in [0.2, 0.25) is 0 Å². The van der Waals surface area contributed by atoms with Gasteiger partial charge in [0.05, 0.1) is 18.8 Å². The van der Waals surface area contributed by atoms with Gasteiger partial charge in [-0.1, -0.05) is 6.92 Å². The van der Waals surface area contributed by atoms with E-state index in [4.69, 9.17) is 4.74 Å². The lowest BCUT2D eigenvalue weighted by atomic mass is 9.97. The summed E-state index contributed by atoms with van der Waals surface area (Å²) in [5, 5.41) is 0. The highest BCUT2D eigenvalue weighted by Crippen LogP contribution is 2.39. The first-order valence-corrected chi connectivity index (χ1v) is 5.20. The molecule has 0 aliphatic carbocycles. The molecule has 14 heavy (non-hydrogen) atoms. The van der Waals surface area contributed by atoms with E-state index in [1.807, 2.05) is 0 Å². The van der Waals surface area contributed by atoms with E-state index in [-0.39, 0.29) is 11.6 Å². The van der Waals surface area contributed by atoms with E-state index >= 15 is 0 Å². The van der Waals surface area contributed by atoms with Crippen LogP contribution in [0.25, 0.3) is 0 Å². The topological polar surface area (TPSA) is 38.8 Å². The molecule has 0 N–H and O–H groups in total. The lowest BCUT2D eigenvalue weighted by Gasteiger charge is -2.08.